The second-order valence-electron chi connectivity index (χ2n) is 6.80. The number of nitrogens with zero attached hydrogens (tertiary/aromatic N) is 6. The van der Waals surface area contributed by atoms with Gasteiger partial charge < -0.3 is 15.1 Å². The van der Waals surface area contributed by atoms with Crippen LogP contribution in [-0.2, 0) is 32.5 Å². The van der Waals surface area contributed by atoms with Crippen LogP contribution in [0.4, 0.5) is 10.6 Å². The van der Waals surface area contributed by atoms with E-state index >= 15 is 0 Å². The number of carbonyl (C=O) groups is 1. The lowest BCUT2D eigenvalue weighted by atomic mass is 10.2. The van der Waals surface area contributed by atoms with Gasteiger partial charge in [-0.25, -0.2) is 14.8 Å². The Kier molecular flexibility index (Phi) is 4.03. The zero-order chi connectivity index (χ0) is 17.4. The van der Waals surface area contributed by atoms with E-state index in [1.807, 2.05) is 9.58 Å². The van der Waals surface area contributed by atoms with E-state index < -0.39 is 0 Å². The Hall–Kier alpha value is -2.64. The molecule has 3 heterocycles. The smallest absolute Gasteiger partial charge is 0.319 e. The molecule has 8 nitrogen and oxygen atoms in total. The first-order valence-electron chi connectivity index (χ1n) is 8.70. The van der Waals surface area contributed by atoms with E-state index in [0.717, 1.165) is 43.0 Å². The molecular formula is C17H23N7O. The molecule has 0 radical (unpaired) electrons. The topological polar surface area (TPSA) is 79.2 Å². The maximum Gasteiger partial charge on any atom is 0.319 e. The van der Waals surface area contributed by atoms with Gasteiger partial charge in [0, 0.05) is 31.9 Å². The Bertz CT molecular complexity index is 798. The number of hydrogen-bond donors (Lipinski definition) is 1. The fourth-order valence-electron chi connectivity index (χ4n) is 3.54. The molecule has 0 saturated heterocycles. The van der Waals surface area contributed by atoms with E-state index in [1.54, 1.807) is 25.3 Å². The summed E-state index contributed by atoms with van der Waals surface area (Å²) in [6, 6.07) is 2.12. The summed E-state index contributed by atoms with van der Waals surface area (Å²) in [5.41, 5.74) is 4.46. The number of hydrogen-bond acceptors (Lipinski definition) is 5. The Morgan fingerprint density at radius 2 is 2.16 bits per heavy atom. The van der Waals surface area contributed by atoms with Crippen molar-refractivity contribution in [2.24, 2.45) is 0 Å². The fraction of sp³-hybridized carbons (Fsp3) is 0.529. The third kappa shape index (κ3) is 3.04. The summed E-state index contributed by atoms with van der Waals surface area (Å²) in [4.78, 5) is 24.3. The first kappa shape index (κ1) is 15.9. The normalized spacial score (nSPS) is 15.7. The van der Waals surface area contributed by atoms with Gasteiger partial charge in [-0.15, -0.1) is 0 Å². The van der Waals surface area contributed by atoms with Crippen LogP contribution in [0, 0.1) is 0 Å². The molecular weight excluding hydrogens is 318 g/mol. The molecule has 0 atom stereocenters. The molecule has 0 saturated carbocycles. The van der Waals surface area contributed by atoms with Crippen molar-refractivity contribution in [1.29, 1.82) is 0 Å². The number of amides is 2. The molecule has 1 aliphatic heterocycles. The lowest BCUT2D eigenvalue weighted by molar-refractivity contribution is 0.155. The highest BCUT2D eigenvalue weighted by molar-refractivity contribution is 5.73. The highest BCUT2D eigenvalue weighted by atomic mass is 16.2. The number of rotatable bonds is 3. The van der Waals surface area contributed by atoms with Gasteiger partial charge in [0.05, 0.1) is 31.0 Å². The minimum atomic E-state index is 0.0451. The first-order valence-corrected chi connectivity index (χ1v) is 8.70. The molecule has 4 rings (SSSR count). The molecule has 0 fully saturated rings. The van der Waals surface area contributed by atoms with Crippen LogP contribution in [0.25, 0.3) is 0 Å². The zero-order valence-electron chi connectivity index (χ0n) is 14.7. The third-order valence-electron chi connectivity index (χ3n) is 4.81. The monoisotopic (exact) mass is 341 g/mol. The second kappa shape index (κ2) is 6.34. The molecule has 25 heavy (non-hydrogen) atoms. The Morgan fingerprint density at radius 1 is 1.28 bits per heavy atom. The number of aryl methyl sites for hydroxylation is 1. The van der Waals surface area contributed by atoms with Crippen LogP contribution in [0.1, 0.15) is 29.1 Å². The molecule has 1 aliphatic carbocycles. The third-order valence-corrected chi connectivity index (χ3v) is 4.81. The van der Waals surface area contributed by atoms with Gasteiger partial charge in [-0.3, -0.25) is 4.68 Å². The number of nitrogens with one attached hydrogen (secondary N) is 1. The summed E-state index contributed by atoms with van der Waals surface area (Å²) in [5.74, 6) is 0.929. The molecule has 0 spiro atoms. The maximum absolute atomic E-state index is 12.1. The number of aromatic nitrogens is 4. The Balaban J connectivity index is 1.44. The van der Waals surface area contributed by atoms with E-state index in [-0.39, 0.29) is 6.03 Å². The predicted molar refractivity (Wildman–Crippen MR) is 93.1 cm³/mol. The minimum Gasteiger partial charge on any atom is -0.364 e. The van der Waals surface area contributed by atoms with E-state index in [9.17, 15) is 4.79 Å². The molecule has 0 aromatic carbocycles. The van der Waals surface area contributed by atoms with E-state index in [4.69, 9.17) is 0 Å². The Labute approximate surface area is 146 Å². The maximum atomic E-state index is 12.1. The highest BCUT2D eigenvalue weighted by Crippen LogP contribution is 2.25. The average molecular weight is 341 g/mol. The van der Waals surface area contributed by atoms with Gasteiger partial charge >= 0.3 is 6.03 Å². The molecule has 8 heteroatoms. The van der Waals surface area contributed by atoms with Gasteiger partial charge in [0.2, 0.25) is 0 Å². The second-order valence-corrected chi connectivity index (χ2v) is 6.80. The zero-order valence-corrected chi connectivity index (χ0v) is 14.7. The summed E-state index contributed by atoms with van der Waals surface area (Å²) in [5, 5.41) is 8.06. The van der Waals surface area contributed by atoms with E-state index in [2.05, 4.69) is 26.4 Å². The molecule has 2 aromatic heterocycles. The van der Waals surface area contributed by atoms with Crippen molar-refractivity contribution in [2.75, 3.05) is 26.0 Å². The molecule has 1 N–H and O–H groups in total. The van der Waals surface area contributed by atoms with Crippen molar-refractivity contribution in [3.63, 3.8) is 0 Å². The van der Waals surface area contributed by atoms with Crippen LogP contribution in [0.5, 0.6) is 0 Å². The summed E-state index contributed by atoms with van der Waals surface area (Å²) in [7, 11) is 3.56. The molecule has 0 unspecified atom stereocenters. The summed E-state index contributed by atoms with van der Waals surface area (Å²) in [6.45, 7) is 2.66. The SMILES string of the molecule is CN(C)C(=O)N1CCn2nc(CNc3ncnc4c3CCC4)cc2C1. The number of urea groups is 1. The van der Waals surface area contributed by atoms with Crippen LogP contribution in [0.2, 0.25) is 0 Å². The Morgan fingerprint density at radius 3 is 3.00 bits per heavy atom. The summed E-state index contributed by atoms with van der Waals surface area (Å²) < 4.78 is 2.00. The lowest BCUT2D eigenvalue weighted by Crippen LogP contribution is -2.43. The van der Waals surface area contributed by atoms with E-state index in [0.29, 0.717) is 19.6 Å². The standard InChI is InChI=1S/C17H23N7O/c1-22(2)17(25)23-6-7-24-13(10-23)8-12(21-24)9-18-16-14-4-3-5-15(14)19-11-20-16/h8,11H,3-7,9-10H2,1-2H3,(H,18,19,20). The van der Waals surface area contributed by atoms with Crippen LogP contribution >= 0.6 is 0 Å². The predicted octanol–water partition coefficient (Wildman–Crippen LogP) is 1.27. The minimum absolute atomic E-state index is 0.0451. The van der Waals surface area contributed by atoms with Crippen molar-refractivity contribution in [3.05, 3.63) is 35.0 Å². The fourth-order valence-corrected chi connectivity index (χ4v) is 3.54. The van der Waals surface area contributed by atoms with Gasteiger partial charge in [-0.05, 0) is 25.3 Å². The molecule has 2 aliphatic rings. The summed E-state index contributed by atoms with van der Waals surface area (Å²) >= 11 is 0. The van der Waals surface area contributed by atoms with Crippen molar-refractivity contribution in [1.82, 2.24) is 29.5 Å². The largest absolute Gasteiger partial charge is 0.364 e. The highest BCUT2D eigenvalue weighted by Gasteiger charge is 2.23. The van der Waals surface area contributed by atoms with Gasteiger partial charge in [0.15, 0.2) is 0 Å². The van der Waals surface area contributed by atoms with Crippen molar-refractivity contribution >= 4 is 11.8 Å². The number of carbonyl (C=O) groups excluding carboxylic acids is 1. The quantitative estimate of drug-likeness (QED) is 0.909. The van der Waals surface area contributed by atoms with Crippen LogP contribution < -0.4 is 5.32 Å². The number of anilines is 1. The summed E-state index contributed by atoms with van der Waals surface area (Å²) in [6.07, 6.45) is 4.87. The van der Waals surface area contributed by atoms with Crippen molar-refractivity contribution < 1.29 is 4.79 Å². The van der Waals surface area contributed by atoms with Gasteiger partial charge in [-0.1, -0.05) is 0 Å². The molecule has 132 valence electrons. The molecule has 0 bridgehead atoms. The van der Waals surface area contributed by atoms with Crippen molar-refractivity contribution in [2.45, 2.75) is 38.9 Å². The van der Waals surface area contributed by atoms with E-state index in [1.165, 1.54) is 11.3 Å². The van der Waals surface area contributed by atoms with Crippen LogP contribution in [0.15, 0.2) is 12.4 Å². The first-order chi connectivity index (χ1) is 12.1. The molecule has 2 amide bonds. The van der Waals surface area contributed by atoms with Gasteiger partial charge in [0.25, 0.3) is 0 Å². The van der Waals surface area contributed by atoms with Crippen molar-refractivity contribution in [3.8, 4) is 0 Å². The average Bonchev–Trinajstić information content (AvgIpc) is 3.24. The number of fused-ring (bicyclic) bond motifs is 2. The van der Waals surface area contributed by atoms with Crippen LogP contribution in [-0.4, -0.2) is 56.2 Å². The van der Waals surface area contributed by atoms with Gasteiger partial charge in [-0.2, -0.15) is 5.10 Å². The lowest BCUT2D eigenvalue weighted by Gasteiger charge is -2.29. The molecule has 2 aromatic rings. The van der Waals surface area contributed by atoms with Gasteiger partial charge in [0.1, 0.15) is 12.1 Å². The van der Waals surface area contributed by atoms with Crippen LogP contribution in [0.3, 0.4) is 0 Å².